The molecule has 0 bridgehead atoms. The van der Waals surface area contributed by atoms with Crippen LogP contribution in [0.3, 0.4) is 0 Å². The predicted octanol–water partition coefficient (Wildman–Crippen LogP) is 4.14. The Labute approximate surface area is 145 Å². The van der Waals surface area contributed by atoms with Crippen LogP contribution in [-0.2, 0) is 21.9 Å². The van der Waals surface area contributed by atoms with Gasteiger partial charge in [0.15, 0.2) is 0 Å². The first kappa shape index (κ1) is 21.8. The molecular formula is C16H17F6NO3. The van der Waals surface area contributed by atoms with Gasteiger partial charge in [-0.1, -0.05) is 0 Å². The Morgan fingerprint density at radius 1 is 0.962 bits per heavy atom. The zero-order valence-corrected chi connectivity index (χ0v) is 14.0. The smallest absolute Gasteiger partial charge is 0.416 e. The topological polar surface area (TPSA) is 46.6 Å². The summed E-state index contributed by atoms with van der Waals surface area (Å²) >= 11 is 0. The summed E-state index contributed by atoms with van der Waals surface area (Å²) in [7, 11) is 0. The highest BCUT2D eigenvalue weighted by molar-refractivity contribution is 5.95. The fourth-order valence-electron chi connectivity index (χ4n) is 2.12. The van der Waals surface area contributed by atoms with Crippen molar-refractivity contribution in [1.82, 2.24) is 4.90 Å². The van der Waals surface area contributed by atoms with Crippen LogP contribution in [0, 0.1) is 0 Å². The van der Waals surface area contributed by atoms with Crippen LogP contribution in [0.4, 0.5) is 26.3 Å². The van der Waals surface area contributed by atoms with Crippen LogP contribution < -0.4 is 0 Å². The van der Waals surface area contributed by atoms with Crippen molar-refractivity contribution in [2.24, 2.45) is 0 Å². The molecule has 0 radical (unpaired) electrons. The maximum Gasteiger partial charge on any atom is 0.416 e. The Morgan fingerprint density at radius 2 is 1.46 bits per heavy atom. The number of nitrogens with zero attached hydrogens (tertiary/aromatic N) is 1. The Balaban J connectivity index is 3.18. The van der Waals surface area contributed by atoms with Gasteiger partial charge in [-0.25, -0.2) is 0 Å². The summed E-state index contributed by atoms with van der Waals surface area (Å²) in [5, 5.41) is 0. The van der Waals surface area contributed by atoms with Crippen molar-refractivity contribution in [3.63, 3.8) is 0 Å². The number of ether oxygens (including phenoxy) is 1. The lowest BCUT2D eigenvalue weighted by Gasteiger charge is -2.22. The zero-order valence-electron chi connectivity index (χ0n) is 14.0. The standard InChI is InChI=1S/C16H17F6NO3/c1-3-23(6-5-13(24)26-4-2)14(25)10-7-11(15(17,18)19)9-12(8-10)16(20,21)22/h7-9H,3-6H2,1-2H3. The summed E-state index contributed by atoms with van der Waals surface area (Å²) < 4.78 is 81.9. The number of halogens is 6. The Morgan fingerprint density at radius 3 is 1.85 bits per heavy atom. The van der Waals surface area contributed by atoms with Gasteiger partial charge in [0, 0.05) is 18.7 Å². The highest BCUT2D eigenvalue weighted by Crippen LogP contribution is 2.36. The average Bonchev–Trinajstić information content (AvgIpc) is 2.53. The van der Waals surface area contributed by atoms with E-state index in [-0.39, 0.29) is 32.2 Å². The van der Waals surface area contributed by atoms with Crippen LogP contribution in [0.5, 0.6) is 0 Å². The molecule has 0 aliphatic rings. The van der Waals surface area contributed by atoms with Crippen LogP contribution in [0.1, 0.15) is 41.8 Å². The van der Waals surface area contributed by atoms with E-state index >= 15 is 0 Å². The van der Waals surface area contributed by atoms with Crippen LogP contribution >= 0.6 is 0 Å². The predicted molar refractivity (Wildman–Crippen MR) is 79.3 cm³/mol. The molecule has 4 nitrogen and oxygen atoms in total. The second-order valence-electron chi connectivity index (χ2n) is 5.23. The van der Waals surface area contributed by atoms with Crippen molar-refractivity contribution >= 4 is 11.9 Å². The third-order valence-corrected chi connectivity index (χ3v) is 3.39. The number of carbonyl (C=O) groups excluding carboxylic acids is 2. The highest BCUT2D eigenvalue weighted by atomic mass is 19.4. The molecule has 0 atom stereocenters. The fourth-order valence-corrected chi connectivity index (χ4v) is 2.12. The van der Waals surface area contributed by atoms with E-state index in [2.05, 4.69) is 4.74 Å². The van der Waals surface area contributed by atoms with E-state index in [1.165, 1.54) is 6.92 Å². The number of alkyl halides is 6. The molecule has 1 amide bonds. The van der Waals surface area contributed by atoms with Crippen LogP contribution in [0.25, 0.3) is 0 Å². The van der Waals surface area contributed by atoms with Gasteiger partial charge >= 0.3 is 18.3 Å². The van der Waals surface area contributed by atoms with Crippen molar-refractivity contribution in [1.29, 1.82) is 0 Å². The monoisotopic (exact) mass is 385 g/mol. The molecule has 0 fully saturated rings. The SMILES string of the molecule is CCOC(=O)CCN(CC)C(=O)c1cc(C(F)(F)F)cc(C(F)(F)F)c1. The van der Waals surface area contributed by atoms with E-state index in [0.717, 1.165) is 4.90 Å². The van der Waals surface area contributed by atoms with Gasteiger partial charge in [0.1, 0.15) is 0 Å². The molecule has 0 aromatic heterocycles. The van der Waals surface area contributed by atoms with Crippen molar-refractivity contribution < 1.29 is 40.7 Å². The third-order valence-electron chi connectivity index (χ3n) is 3.39. The maximum atomic E-state index is 12.9. The first-order valence-corrected chi connectivity index (χ1v) is 7.64. The lowest BCUT2D eigenvalue weighted by molar-refractivity contribution is -0.144. The Bertz CT molecular complexity index is 622. The van der Waals surface area contributed by atoms with Crippen molar-refractivity contribution in [3.05, 3.63) is 34.9 Å². The molecule has 0 spiro atoms. The molecule has 0 unspecified atom stereocenters. The second kappa shape index (κ2) is 8.41. The van der Waals surface area contributed by atoms with Gasteiger partial charge < -0.3 is 9.64 Å². The molecule has 1 aromatic carbocycles. The molecule has 146 valence electrons. The summed E-state index contributed by atoms with van der Waals surface area (Å²) in [4.78, 5) is 24.7. The molecule has 10 heteroatoms. The van der Waals surface area contributed by atoms with E-state index < -0.39 is 40.9 Å². The molecular weight excluding hydrogens is 368 g/mol. The fraction of sp³-hybridized carbons (Fsp3) is 0.500. The molecule has 0 saturated heterocycles. The number of esters is 1. The average molecular weight is 385 g/mol. The molecule has 1 rings (SSSR count). The van der Waals surface area contributed by atoms with E-state index in [9.17, 15) is 35.9 Å². The first-order chi connectivity index (χ1) is 11.9. The highest BCUT2D eigenvalue weighted by Gasteiger charge is 2.37. The van der Waals surface area contributed by atoms with Gasteiger partial charge in [-0.2, -0.15) is 26.3 Å². The van der Waals surface area contributed by atoms with Gasteiger partial charge in [-0.05, 0) is 32.0 Å². The number of rotatable bonds is 6. The maximum absolute atomic E-state index is 12.9. The quantitative estimate of drug-likeness (QED) is 0.546. The number of amides is 1. The molecule has 1 aromatic rings. The van der Waals surface area contributed by atoms with Crippen molar-refractivity contribution in [3.8, 4) is 0 Å². The molecule has 0 heterocycles. The minimum atomic E-state index is -5.04. The van der Waals surface area contributed by atoms with Gasteiger partial charge in [0.25, 0.3) is 5.91 Å². The third kappa shape index (κ3) is 5.92. The number of carbonyl (C=O) groups is 2. The van der Waals surface area contributed by atoms with Gasteiger partial charge in [-0.15, -0.1) is 0 Å². The van der Waals surface area contributed by atoms with E-state index in [0.29, 0.717) is 12.1 Å². The van der Waals surface area contributed by atoms with E-state index in [4.69, 9.17) is 0 Å². The molecule has 0 aliphatic carbocycles. The minimum absolute atomic E-state index is 0.00413. The Hall–Kier alpha value is -2.26. The van der Waals surface area contributed by atoms with Crippen LogP contribution in [-0.4, -0.2) is 36.5 Å². The minimum Gasteiger partial charge on any atom is -0.466 e. The summed E-state index contributed by atoms with van der Waals surface area (Å²) in [5.41, 5.74) is -3.90. The van der Waals surface area contributed by atoms with Crippen LogP contribution in [0.15, 0.2) is 18.2 Å². The zero-order chi connectivity index (χ0) is 20.1. The first-order valence-electron chi connectivity index (χ1n) is 7.64. The molecule has 0 N–H and O–H groups in total. The van der Waals surface area contributed by atoms with E-state index in [1.807, 2.05) is 0 Å². The van der Waals surface area contributed by atoms with Crippen molar-refractivity contribution in [2.45, 2.75) is 32.6 Å². The number of benzene rings is 1. The van der Waals surface area contributed by atoms with Crippen LogP contribution in [0.2, 0.25) is 0 Å². The van der Waals surface area contributed by atoms with Gasteiger partial charge in [-0.3, -0.25) is 9.59 Å². The van der Waals surface area contributed by atoms with Gasteiger partial charge in [0.2, 0.25) is 0 Å². The summed E-state index contributed by atoms with van der Waals surface area (Å²) in [6, 6.07) is 0.681. The number of hydrogen-bond acceptors (Lipinski definition) is 3. The summed E-state index contributed by atoms with van der Waals surface area (Å²) in [6.45, 7) is 2.98. The van der Waals surface area contributed by atoms with Crippen molar-refractivity contribution in [2.75, 3.05) is 19.7 Å². The largest absolute Gasteiger partial charge is 0.466 e. The molecule has 26 heavy (non-hydrogen) atoms. The summed E-state index contributed by atoms with van der Waals surface area (Å²) in [6.07, 6.45) is -10.3. The lowest BCUT2D eigenvalue weighted by Crippen LogP contribution is -2.33. The normalized spacial score (nSPS) is 12.0. The number of hydrogen-bond donors (Lipinski definition) is 0. The Kier molecular flexibility index (Phi) is 7.05. The molecule has 0 aliphatic heterocycles. The molecule has 0 saturated carbocycles. The van der Waals surface area contributed by atoms with E-state index in [1.54, 1.807) is 6.92 Å². The van der Waals surface area contributed by atoms with Gasteiger partial charge in [0.05, 0.1) is 24.2 Å². The summed E-state index contributed by atoms with van der Waals surface area (Å²) in [5.74, 6) is -1.66. The second-order valence-corrected chi connectivity index (χ2v) is 5.23. The lowest BCUT2D eigenvalue weighted by atomic mass is 10.0.